The summed E-state index contributed by atoms with van der Waals surface area (Å²) in [6, 6.07) is 0. The number of allylic oxidation sites excluding steroid dienone is 3. The van der Waals surface area contributed by atoms with Crippen molar-refractivity contribution in [3.8, 4) is 0 Å². The molecule has 304 valence electrons. The van der Waals surface area contributed by atoms with E-state index in [-0.39, 0.29) is 48.2 Å². The number of aliphatic hydroxyl groups is 3. The quantitative estimate of drug-likeness (QED) is 0.0916. The molecule has 5 aliphatic carbocycles. The second-order valence-electron chi connectivity index (χ2n) is 19.9. The summed E-state index contributed by atoms with van der Waals surface area (Å²) >= 11 is 0. The third-order valence-corrected chi connectivity index (χ3v) is 16.1. The molecule has 11 heteroatoms. The zero-order valence-electron chi connectivity index (χ0n) is 34.4. The van der Waals surface area contributed by atoms with Gasteiger partial charge in [-0.3, -0.25) is 14.4 Å². The van der Waals surface area contributed by atoms with E-state index >= 15 is 0 Å². The molecule has 0 bridgehead atoms. The SMILES string of the molecule is C/C=C(\C)C(=O)O[C@H]1[C@H](O)[C@@]2(COC(C)=O)C(CC1(C)C)C1=CC[C@@H]3[C@@]4(C)CC[C@H](OC(=O)CC(C)(C)C(=O)O)[C@@](C)(CO)C4CC[C@@]3(C)[C@]1(C)C[C@@H]2O. The predicted octanol–water partition coefficient (Wildman–Crippen LogP) is 6.17. The standard InChI is InChI=1S/C43H66O11/c1-12-24(2)35(49)54-34-33(48)43(23-52-25(3)45)27(19-37(34,4)5)26-13-14-29-39(8)17-16-31(53-32(47)21-38(6,7)36(50)51)40(9,22-44)28(39)15-18-41(29,10)42(26,11)20-30(43)46/h12-13,27-31,33-34,44,46,48H,14-23H2,1-11H3,(H,50,51)/b24-12+/t27?,28?,29-,30+,31+,33+,34+,39+,40+,41-,42-,43+/m1/s1. The lowest BCUT2D eigenvalue weighted by molar-refractivity contribution is -0.264. The van der Waals surface area contributed by atoms with Crippen LogP contribution in [0.3, 0.4) is 0 Å². The fourth-order valence-corrected chi connectivity index (χ4v) is 12.5. The van der Waals surface area contributed by atoms with Gasteiger partial charge in [0.25, 0.3) is 0 Å². The molecule has 4 N–H and O–H groups in total. The second-order valence-corrected chi connectivity index (χ2v) is 19.9. The van der Waals surface area contributed by atoms with Crippen molar-refractivity contribution in [2.45, 2.75) is 152 Å². The van der Waals surface area contributed by atoms with Gasteiger partial charge in [0.2, 0.25) is 0 Å². The Morgan fingerprint density at radius 2 is 1.59 bits per heavy atom. The molecule has 0 aliphatic heterocycles. The van der Waals surface area contributed by atoms with Crippen LogP contribution in [0.5, 0.6) is 0 Å². The predicted molar refractivity (Wildman–Crippen MR) is 200 cm³/mol. The van der Waals surface area contributed by atoms with Crippen LogP contribution in [0, 0.1) is 55.7 Å². The Morgan fingerprint density at radius 1 is 0.944 bits per heavy atom. The maximum absolute atomic E-state index is 13.1. The van der Waals surface area contributed by atoms with Gasteiger partial charge in [-0.2, -0.15) is 0 Å². The van der Waals surface area contributed by atoms with E-state index in [0.29, 0.717) is 24.8 Å². The van der Waals surface area contributed by atoms with Crippen molar-refractivity contribution in [3.63, 3.8) is 0 Å². The summed E-state index contributed by atoms with van der Waals surface area (Å²) in [6.07, 6.45) is 4.16. The van der Waals surface area contributed by atoms with Gasteiger partial charge >= 0.3 is 23.9 Å². The van der Waals surface area contributed by atoms with E-state index < -0.39 is 75.4 Å². The smallest absolute Gasteiger partial charge is 0.333 e. The average molecular weight is 759 g/mol. The summed E-state index contributed by atoms with van der Waals surface area (Å²) in [6.45, 7) is 20.2. The largest absolute Gasteiger partial charge is 0.481 e. The Hall–Kier alpha value is -2.76. The van der Waals surface area contributed by atoms with Gasteiger partial charge in [0.1, 0.15) is 24.9 Å². The minimum atomic E-state index is -1.32. The third kappa shape index (κ3) is 6.27. The number of hydrogen-bond donors (Lipinski definition) is 4. The lowest BCUT2D eigenvalue weighted by Gasteiger charge is -2.72. The number of rotatable bonds is 9. The van der Waals surface area contributed by atoms with Crippen molar-refractivity contribution in [3.05, 3.63) is 23.3 Å². The number of fused-ring (bicyclic) bond motifs is 7. The van der Waals surface area contributed by atoms with E-state index in [4.69, 9.17) is 14.2 Å². The fourth-order valence-electron chi connectivity index (χ4n) is 12.5. The molecule has 4 saturated carbocycles. The van der Waals surface area contributed by atoms with Crippen LogP contribution in [-0.2, 0) is 33.4 Å². The first-order valence-electron chi connectivity index (χ1n) is 19.9. The van der Waals surface area contributed by atoms with Crippen LogP contribution in [-0.4, -0.2) is 81.9 Å². The Bertz CT molecular complexity index is 1590. The molecule has 0 amide bonds. The van der Waals surface area contributed by atoms with Crippen molar-refractivity contribution in [2.75, 3.05) is 13.2 Å². The van der Waals surface area contributed by atoms with Crippen LogP contribution in [0.25, 0.3) is 0 Å². The first-order valence-corrected chi connectivity index (χ1v) is 19.9. The van der Waals surface area contributed by atoms with Crippen molar-refractivity contribution in [1.82, 2.24) is 0 Å². The molecule has 0 spiro atoms. The number of carbonyl (C=O) groups is 4. The van der Waals surface area contributed by atoms with Gasteiger partial charge in [0.15, 0.2) is 0 Å². The Morgan fingerprint density at radius 3 is 2.17 bits per heavy atom. The molecule has 54 heavy (non-hydrogen) atoms. The number of aliphatic hydroxyl groups excluding tert-OH is 3. The molecule has 11 nitrogen and oxygen atoms in total. The van der Waals surface area contributed by atoms with Crippen LogP contribution in [0.15, 0.2) is 23.3 Å². The van der Waals surface area contributed by atoms with E-state index in [9.17, 15) is 39.6 Å². The first-order chi connectivity index (χ1) is 24.8. The number of aliphatic carboxylic acids is 1. The maximum Gasteiger partial charge on any atom is 0.333 e. The molecule has 0 saturated heterocycles. The second kappa shape index (κ2) is 14.0. The molecule has 5 aliphatic rings. The molecule has 0 aromatic carbocycles. The monoisotopic (exact) mass is 758 g/mol. The van der Waals surface area contributed by atoms with Crippen LogP contribution < -0.4 is 0 Å². The summed E-state index contributed by atoms with van der Waals surface area (Å²) < 4.78 is 17.8. The molecular formula is C43H66O11. The highest BCUT2D eigenvalue weighted by Crippen LogP contribution is 2.76. The number of carbonyl (C=O) groups excluding carboxylic acids is 3. The van der Waals surface area contributed by atoms with Gasteiger partial charge in [-0.05, 0) is 107 Å². The fraction of sp³-hybridized carbons (Fsp3) is 0.814. The van der Waals surface area contributed by atoms with E-state index in [1.807, 2.05) is 20.8 Å². The lowest BCUT2D eigenvalue weighted by atomic mass is 9.33. The van der Waals surface area contributed by atoms with Crippen LogP contribution in [0.2, 0.25) is 0 Å². The molecule has 0 heterocycles. The maximum atomic E-state index is 13.1. The molecule has 0 radical (unpaired) electrons. The van der Waals surface area contributed by atoms with Gasteiger partial charge in [0.05, 0.1) is 30.0 Å². The van der Waals surface area contributed by atoms with Crippen molar-refractivity contribution in [1.29, 1.82) is 0 Å². The van der Waals surface area contributed by atoms with Gasteiger partial charge in [0, 0.05) is 23.3 Å². The normalized spacial score (nSPS) is 42.9. The van der Waals surface area contributed by atoms with Gasteiger partial charge in [-0.1, -0.05) is 59.3 Å². The van der Waals surface area contributed by atoms with E-state index in [1.54, 1.807) is 19.9 Å². The van der Waals surface area contributed by atoms with E-state index in [2.05, 4.69) is 26.8 Å². The van der Waals surface area contributed by atoms with Crippen LogP contribution in [0.4, 0.5) is 0 Å². The Labute approximate surface area is 321 Å². The van der Waals surface area contributed by atoms with Crippen LogP contribution >= 0.6 is 0 Å². The number of carboxylic acids is 1. The molecule has 0 aromatic rings. The molecule has 0 aromatic heterocycles. The van der Waals surface area contributed by atoms with Crippen molar-refractivity contribution in [2.24, 2.45) is 55.7 Å². The summed E-state index contributed by atoms with van der Waals surface area (Å²) in [4.78, 5) is 50.3. The molecular weight excluding hydrogens is 692 g/mol. The summed E-state index contributed by atoms with van der Waals surface area (Å²) in [7, 11) is 0. The molecule has 5 rings (SSSR count). The number of esters is 3. The summed E-state index contributed by atoms with van der Waals surface area (Å²) in [5.74, 6) is -2.92. The van der Waals surface area contributed by atoms with Gasteiger partial charge in [-0.25, -0.2) is 4.79 Å². The average Bonchev–Trinajstić information content (AvgIpc) is 3.07. The zero-order chi connectivity index (χ0) is 40.6. The third-order valence-electron chi connectivity index (χ3n) is 16.1. The van der Waals surface area contributed by atoms with Gasteiger partial charge < -0.3 is 34.6 Å². The minimum absolute atomic E-state index is 0.00809. The molecule has 4 fully saturated rings. The van der Waals surface area contributed by atoms with Crippen molar-refractivity contribution >= 4 is 23.9 Å². The highest BCUT2D eigenvalue weighted by Gasteiger charge is 2.73. The van der Waals surface area contributed by atoms with E-state index in [1.165, 1.54) is 20.8 Å². The zero-order valence-corrected chi connectivity index (χ0v) is 34.4. The van der Waals surface area contributed by atoms with E-state index in [0.717, 1.165) is 31.3 Å². The topological polar surface area (TPSA) is 177 Å². The van der Waals surface area contributed by atoms with Gasteiger partial charge in [-0.15, -0.1) is 0 Å². The highest BCUT2D eigenvalue weighted by atomic mass is 16.6. The Kier molecular flexibility index (Phi) is 11.0. The summed E-state index contributed by atoms with van der Waals surface area (Å²) in [5, 5.41) is 45.6. The van der Waals surface area contributed by atoms with Crippen molar-refractivity contribution < 1.29 is 53.8 Å². The Balaban J connectivity index is 1.53. The molecule has 12 atom stereocenters. The van der Waals surface area contributed by atoms with Crippen LogP contribution in [0.1, 0.15) is 128 Å². The highest BCUT2D eigenvalue weighted by molar-refractivity contribution is 5.87. The minimum Gasteiger partial charge on any atom is -0.481 e. The number of ether oxygens (including phenoxy) is 3. The number of carboxylic acid groups (broad SMARTS) is 1. The summed E-state index contributed by atoms with van der Waals surface area (Å²) in [5.41, 5.74) is -3.52. The number of hydrogen-bond acceptors (Lipinski definition) is 10. The first kappa shape index (κ1) is 42.4. The molecule has 2 unspecified atom stereocenters. The lowest BCUT2D eigenvalue weighted by Crippen LogP contribution is -2.72.